The molecular formula is C18H12CuF2N2O2+2. The summed E-state index contributed by atoms with van der Waals surface area (Å²) in [6.07, 6.45) is 3.03. The number of phenols is 2. The number of aromatic nitrogens is 2. The molecule has 0 bridgehead atoms. The molecule has 0 aliphatic rings. The van der Waals surface area contributed by atoms with Crippen LogP contribution in [0.25, 0.3) is 21.8 Å². The molecule has 2 aromatic carbocycles. The monoisotopic (exact) mass is 389 g/mol. The summed E-state index contributed by atoms with van der Waals surface area (Å²) in [6.45, 7) is 0. The summed E-state index contributed by atoms with van der Waals surface area (Å²) in [7, 11) is 0. The first-order chi connectivity index (χ1) is 11.6. The SMILES string of the molecule is Oc1ccc(F)c2cccnc12.Oc1ccc(F)c2cccnc12.[Cu+2]. The Morgan fingerprint density at radius 3 is 1.40 bits per heavy atom. The number of benzene rings is 2. The number of aromatic hydroxyl groups is 2. The van der Waals surface area contributed by atoms with Crippen LogP contribution in [0.15, 0.2) is 60.9 Å². The number of pyridine rings is 2. The fraction of sp³-hybridized carbons (Fsp3) is 0. The standard InChI is InChI=1S/2C9H6FNO.Cu/c2*10-7-3-4-8(12)9-6(7)2-1-5-11-9;/h2*1-5,12H;/q;;+2. The van der Waals surface area contributed by atoms with Gasteiger partial charge in [0.15, 0.2) is 0 Å². The zero-order valence-electron chi connectivity index (χ0n) is 12.6. The molecule has 2 heterocycles. The maximum Gasteiger partial charge on any atom is 2.00 e. The smallest absolute Gasteiger partial charge is 0.506 e. The second-order valence-electron chi connectivity index (χ2n) is 4.93. The Kier molecular flexibility index (Phi) is 5.85. The number of phenolic OH excluding ortho intramolecular Hbond substituents is 2. The van der Waals surface area contributed by atoms with Crippen LogP contribution in [0, 0.1) is 11.6 Å². The maximum absolute atomic E-state index is 13.0. The van der Waals surface area contributed by atoms with Crippen LogP contribution in [0.3, 0.4) is 0 Å². The van der Waals surface area contributed by atoms with E-state index in [1.165, 1.54) is 36.7 Å². The second kappa shape index (κ2) is 7.87. The van der Waals surface area contributed by atoms with Crippen molar-refractivity contribution in [1.29, 1.82) is 0 Å². The fourth-order valence-corrected chi connectivity index (χ4v) is 2.25. The van der Waals surface area contributed by atoms with Gasteiger partial charge in [-0.2, -0.15) is 0 Å². The predicted molar refractivity (Wildman–Crippen MR) is 86.7 cm³/mol. The Morgan fingerprint density at radius 1 is 0.640 bits per heavy atom. The second-order valence-corrected chi connectivity index (χ2v) is 4.93. The van der Waals surface area contributed by atoms with E-state index in [4.69, 9.17) is 0 Å². The number of rotatable bonds is 0. The quantitative estimate of drug-likeness (QED) is 0.443. The van der Waals surface area contributed by atoms with Gasteiger partial charge in [-0.1, -0.05) is 0 Å². The van der Waals surface area contributed by atoms with Gasteiger partial charge in [-0.05, 0) is 48.5 Å². The van der Waals surface area contributed by atoms with E-state index in [0.29, 0.717) is 21.8 Å². The molecule has 129 valence electrons. The summed E-state index contributed by atoms with van der Waals surface area (Å²) >= 11 is 0. The van der Waals surface area contributed by atoms with Gasteiger partial charge in [0.2, 0.25) is 0 Å². The number of nitrogens with zero attached hydrogens (tertiary/aromatic N) is 2. The topological polar surface area (TPSA) is 66.2 Å². The van der Waals surface area contributed by atoms with E-state index in [1.807, 2.05) is 0 Å². The summed E-state index contributed by atoms with van der Waals surface area (Å²) < 4.78 is 26.0. The molecule has 7 heteroatoms. The Balaban J connectivity index is 0.000000173. The molecule has 0 fully saturated rings. The van der Waals surface area contributed by atoms with Crippen molar-refractivity contribution in [2.24, 2.45) is 0 Å². The van der Waals surface area contributed by atoms with Gasteiger partial charge in [-0.3, -0.25) is 9.97 Å². The fourth-order valence-electron chi connectivity index (χ4n) is 2.25. The van der Waals surface area contributed by atoms with Crippen LogP contribution in [-0.4, -0.2) is 20.2 Å². The Hall–Kier alpha value is -2.76. The minimum Gasteiger partial charge on any atom is -0.506 e. The Labute approximate surface area is 152 Å². The van der Waals surface area contributed by atoms with Gasteiger partial charge in [-0.15, -0.1) is 0 Å². The number of halogens is 2. The van der Waals surface area contributed by atoms with Crippen LogP contribution < -0.4 is 0 Å². The van der Waals surface area contributed by atoms with Crippen LogP contribution in [0.1, 0.15) is 0 Å². The molecule has 2 aromatic heterocycles. The first kappa shape index (κ1) is 18.6. The summed E-state index contributed by atoms with van der Waals surface area (Å²) in [5.41, 5.74) is 0.606. The van der Waals surface area contributed by atoms with Crippen molar-refractivity contribution in [3.63, 3.8) is 0 Å². The van der Waals surface area contributed by atoms with Crippen molar-refractivity contribution in [2.75, 3.05) is 0 Å². The average Bonchev–Trinajstić information content (AvgIpc) is 2.63. The molecule has 0 amide bonds. The van der Waals surface area contributed by atoms with E-state index < -0.39 is 0 Å². The average molecular weight is 390 g/mol. The van der Waals surface area contributed by atoms with Crippen molar-refractivity contribution < 1.29 is 36.1 Å². The Morgan fingerprint density at radius 2 is 1.04 bits per heavy atom. The van der Waals surface area contributed by atoms with E-state index >= 15 is 0 Å². The molecule has 4 rings (SSSR count). The zero-order chi connectivity index (χ0) is 17.1. The van der Waals surface area contributed by atoms with Crippen LogP contribution in [-0.2, 0) is 17.1 Å². The van der Waals surface area contributed by atoms with Gasteiger partial charge in [0, 0.05) is 23.2 Å². The molecule has 4 nitrogen and oxygen atoms in total. The van der Waals surface area contributed by atoms with Gasteiger partial charge in [0.25, 0.3) is 0 Å². The van der Waals surface area contributed by atoms with E-state index in [-0.39, 0.29) is 40.2 Å². The molecule has 0 aliphatic carbocycles. The summed E-state index contributed by atoms with van der Waals surface area (Å²) in [6, 6.07) is 11.5. The predicted octanol–water partition coefficient (Wildman–Crippen LogP) is 4.16. The molecule has 0 atom stereocenters. The zero-order valence-corrected chi connectivity index (χ0v) is 13.6. The molecule has 0 aliphatic heterocycles. The number of hydrogen-bond donors (Lipinski definition) is 2. The van der Waals surface area contributed by atoms with Crippen molar-refractivity contribution in [1.82, 2.24) is 9.97 Å². The van der Waals surface area contributed by atoms with Crippen molar-refractivity contribution >= 4 is 21.8 Å². The van der Waals surface area contributed by atoms with E-state index in [1.54, 1.807) is 24.3 Å². The van der Waals surface area contributed by atoms with Crippen LogP contribution >= 0.6 is 0 Å². The van der Waals surface area contributed by atoms with Crippen LogP contribution in [0.5, 0.6) is 11.5 Å². The Bertz CT molecular complexity index is 864. The summed E-state index contributed by atoms with van der Waals surface area (Å²) in [4.78, 5) is 7.70. The number of hydrogen-bond acceptors (Lipinski definition) is 4. The van der Waals surface area contributed by atoms with Gasteiger partial charge >= 0.3 is 17.1 Å². The van der Waals surface area contributed by atoms with E-state index in [2.05, 4.69) is 9.97 Å². The van der Waals surface area contributed by atoms with E-state index in [0.717, 1.165) is 0 Å². The molecule has 4 aromatic rings. The maximum atomic E-state index is 13.0. The van der Waals surface area contributed by atoms with Crippen molar-refractivity contribution in [2.45, 2.75) is 0 Å². The molecule has 1 radical (unpaired) electrons. The first-order valence-electron chi connectivity index (χ1n) is 7.02. The van der Waals surface area contributed by atoms with Gasteiger partial charge in [0.1, 0.15) is 34.2 Å². The molecule has 0 saturated heterocycles. The minimum atomic E-state index is -0.365. The van der Waals surface area contributed by atoms with E-state index in [9.17, 15) is 19.0 Å². The largest absolute Gasteiger partial charge is 2.00 e. The van der Waals surface area contributed by atoms with Crippen molar-refractivity contribution in [3.05, 3.63) is 72.6 Å². The molecular weight excluding hydrogens is 378 g/mol. The molecule has 2 N–H and O–H groups in total. The summed E-state index contributed by atoms with van der Waals surface area (Å²) in [5, 5.41) is 19.2. The molecule has 0 saturated carbocycles. The molecule has 0 spiro atoms. The third-order valence-electron chi connectivity index (χ3n) is 3.39. The minimum absolute atomic E-state index is 0. The third kappa shape index (κ3) is 3.84. The molecule has 25 heavy (non-hydrogen) atoms. The molecule has 0 unspecified atom stereocenters. The van der Waals surface area contributed by atoms with Crippen LogP contribution in [0.2, 0.25) is 0 Å². The van der Waals surface area contributed by atoms with Gasteiger partial charge in [-0.25, -0.2) is 8.78 Å². The van der Waals surface area contributed by atoms with Crippen molar-refractivity contribution in [3.8, 4) is 11.5 Å². The normalized spacial score (nSPS) is 10.0. The summed E-state index contributed by atoms with van der Waals surface area (Å²) in [5.74, 6) is -0.717. The van der Waals surface area contributed by atoms with Gasteiger partial charge in [0.05, 0.1) is 0 Å². The van der Waals surface area contributed by atoms with Gasteiger partial charge < -0.3 is 10.2 Å². The number of fused-ring (bicyclic) bond motifs is 2. The first-order valence-corrected chi connectivity index (χ1v) is 7.02. The van der Waals surface area contributed by atoms with Crippen LogP contribution in [0.4, 0.5) is 8.78 Å². The third-order valence-corrected chi connectivity index (χ3v) is 3.39.